The molecule has 1 aliphatic heterocycles. The van der Waals surface area contributed by atoms with Gasteiger partial charge in [0.25, 0.3) is 0 Å². The van der Waals surface area contributed by atoms with Crippen molar-refractivity contribution in [2.45, 2.75) is 52.7 Å². The smallest absolute Gasteiger partial charge is 0.337 e. The first-order valence-electron chi connectivity index (χ1n) is 15.4. The van der Waals surface area contributed by atoms with Gasteiger partial charge >= 0.3 is 5.97 Å². The average molecular weight is 648 g/mol. The summed E-state index contributed by atoms with van der Waals surface area (Å²) < 4.78 is 12.8. The van der Waals surface area contributed by atoms with E-state index in [4.69, 9.17) is 14.5 Å². The lowest BCUT2D eigenvalue weighted by atomic mass is 9.89. The zero-order chi connectivity index (χ0) is 33.6. The molecule has 0 spiro atoms. The molecule has 9 heteroatoms. The van der Waals surface area contributed by atoms with Crippen LogP contribution in [0.15, 0.2) is 71.8 Å². The Bertz CT molecular complexity index is 2060. The summed E-state index contributed by atoms with van der Waals surface area (Å²) in [5.74, 6) is -0.555. The van der Waals surface area contributed by atoms with Gasteiger partial charge in [-0.2, -0.15) is 5.10 Å². The third-order valence-corrected chi connectivity index (χ3v) is 9.38. The maximum atomic E-state index is 12.9. The lowest BCUT2D eigenvalue weighted by Crippen LogP contribution is -2.28. The van der Waals surface area contributed by atoms with Crippen molar-refractivity contribution in [1.82, 2.24) is 4.98 Å². The molecule has 47 heavy (non-hydrogen) atoms. The quantitative estimate of drug-likeness (QED) is 0.133. The molecular weight excluding hydrogens is 611 g/mol. The Morgan fingerprint density at radius 2 is 1.74 bits per heavy atom. The van der Waals surface area contributed by atoms with Gasteiger partial charge in [-0.3, -0.25) is 9.80 Å². The average Bonchev–Trinajstić information content (AvgIpc) is 3.46. The molecule has 1 aliphatic rings. The number of carboxylic acid groups (broad SMARTS) is 1. The van der Waals surface area contributed by atoms with Gasteiger partial charge in [-0.25, -0.2) is 9.78 Å². The Kier molecular flexibility index (Phi) is 8.46. The highest BCUT2D eigenvalue weighted by Crippen LogP contribution is 2.45. The largest absolute Gasteiger partial charge is 0.492 e. The number of anilines is 1. The van der Waals surface area contributed by atoms with E-state index in [1.807, 2.05) is 78.1 Å². The number of Topliss-reactive ketones (excluding diaryl/α,β-unsaturated/α-hetero) is 1. The summed E-state index contributed by atoms with van der Waals surface area (Å²) >= 11 is 1.49. The van der Waals surface area contributed by atoms with E-state index in [-0.39, 0.29) is 5.78 Å². The summed E-state index contributed by atoms with van der Waals surface area (Å²) in [6.45, 7) is 13.4. The van der Waals surface area contributed by atoms with Crippen molar-refractivity contribution in [3.8, 4) is 38.6 Å². The maximum absolute atomic E-state index is 12.9. The van der Waals surface area contributed by atoms with E-state index in [2.05, 4.69) is 36.1 Å². The van der Waals surface area contributed by atoms with Crippen LogP contribution < -0.4 is 9.75 Å². The van der Waals surface area contributed by atoms with Crippen LogP contribution in [0.4, 0.5) is 5.69 Å². The van der Waals surface area contributed by atoms with E-state index in [9.17, 15) is 14.7 Å². The number of ether oxygens (including phenoxy) is 2. The molecular formula is C38H37N3O5S. The maximum Gasteiger partial charge on any atom is 0.337 e. The molecule has 0 unspecified atom stereocenters. The van der Waals surface area contributed by atoms with Crippen LogP contribution in [0.2, 0.25) is 0 Å². The lowest BCUT2D eigenvalue weighted by Gasteiger charge is -2.28. The first-order valence-corrected chi connectivity index (χ1v) is 16.2. The number of aryl methyl sites for hydroxylation is 2. The van der Waals surface area contributed by atoms with Crippen LogP contribution in [0.1, 0.15) is 60.3 Å². The fourth-order valence-corrected chi connectivity index (χ4v) is 7.19. The molecule has 0 aliphatic carbocycles. The van der Waals surface area contributed by atoms with Gasteiger partial charge in [0, 0.05) is 36.9 Å². The molecule has 1 atom stereocenters. The first-order chi connectivity index (χ1) is 22.3. The molecule has 0 fully saturated rings. The normalized spacial score (nSPS) is 13.6. The summed E-state index contributed by atoms with van der Waals surface area (Å²) in [6, 6.07) is 21.9. The van der Waals surface area contributed by atoms with Crippen molar-refractivity contribution >= 4 is 45.7 Å². The van der Waals surface area contributed by atoms with Crippen molar-refractivity contribution in [3.63, 3.8) is 0 Å². The molecule has 5 aromatic rings. The van der Waals surface area contributed by atoms with E-state index in [0.29, 0.717) is 41.0 Å². The van der Waals surface area contributed by atoms with Crippen LogP contribution in [0, 0.1) is 13.8 Å². The van der Waals surface area contributed by atoms with Crippen molar-refractivity contribution in [1.29, 1.82) is 0 Å². The van der Waals surface area contributed by atoms with Gasteiger partial charge in [0.2, 0.25) is 0 Å². The molecule has 0 saturated carbocycles. The third kappa shape index (κ3) is 6.28. The Balaban J connectivity index is 1.54. The number of fused-ring (bicyclic) bond motifs is 2. The van der Waals surface area contributed by atoms with E-state index >= 15 is 0 Å². The van der Waals surface area contributed by atoms with E-state index in [0.717, 1.165) is 48.7 Å². The number of benzene rings is 4. The summed E-state index contributed by atoms with van der Waals surface area (Å²) in [5, 5.41) is 17.0. The van der Waals surface area contributed by atoms with Gasteiger partial charge in [0.15, 0.2) is 11.9 Å². The molecule has 4 aromatic carbocycles. The first kappa shape index (κ1) is 32.1. The Morgan fingerprint density at radius 1 is 1.02 bits per heavy atom. The minimum atomic E-state index is -1.24. The number of hydrogen-bond acceptors (Lipinski definition) is 8. The second-order valence-corrected chi connectivity index (χ2v) is 13.8. The second kappa shape index (κ2) is 12.4. The Morgan fingerprint density at radius 3 is 2.45 bits per heavy atom. The second-order valence-electron chi connectivity index (χ2n) is 12.8. The minimum absolute atomic E-state index is 0.00301. The highest BCUT2D eigenvalue weighted by Gasteiger charge is 2.33. The number of carbonyl (C=O) groups is 2. The highest BCUT2D eigenvalue weighted by atomic mass is 32.1. The summed E-state index contributed by atoms with van der Waals surface area (Å²) in [7, 11) is 1.87. The Labute approximate surface area is 278 Å². The standard InChI is InChI=1S/C38H37N3O5S/c1-21-17-24(11-13-29(21)41(7)39-6)23-9-8-10-26(19-23)36-40-28-18-22(2)32(34(37(43)44)46-38(3,4)5)33(35(28)47-36)25-12-14-31-27(20-25)30(42)15-16-45-31/h8-14,17-20,34H,6,15-16H2,1-5,7H3,(H,43,44)/t34-/m0/s1. The molecule has 240 valence electrons. The number of hydrazone groups is 1. The van der Waals surface area contributed by atoms with Gasteiger partial charge in [-0.15, -0.1) is 11.3 Å². The van der Waals surface area contributed by atoms with Crippen LogP contribution >= 0.6 is 11.3 Å². The molecule has 1 aromatic heterocycles. The van der Waals surface area contributed by atoms with Crippen LogP contribution in [0.5, 0.6) is 5.75 Å². The van der Waals surface area contributed by atoms with E-state index in [1.165, 1.54) is 11.3 Å². The summed E-state index contributed by atoms with van der Waals surface area (Å²) in [4.78, 5) is 30.8. The fourth-order valence-electron chi connectivity index (χ4n) is 6.07. The van der Waals surface area contributed by atoms with Crippen LogP contribution in [-0.4, -0.2) is 47.8 Å². The number of carboxylic acids is 1. The van der Waals surface area contributed by atoms with Crippen molar-refractivity contribution in [2.75, 3.05) is 18.7 Å². The van der Waals surface area contributed by atoms with Crippen LogP contribution in [0.3, 0.4) is 0 Å². The number of thiazole rings is 1. The molecule has 8 nitrogen and oxygen atoms in total. The van der Waals surface area contributed by atoms with E-state index in [1.54, 1.807) is 11.1 Å². The van der Waals surface area contributed by atoms with Crippen LogP contribution in [-0.2, 0) is 9.53 Å². The number of carbonyl (C=O) groups excluding carboxylic acids is 1. The molecule has 0 saturated heterocycles. The molecule has 2 heterocycles. The number of rotatable bonds is 8. The van der Waals surface area contributed by atoms with Gasteiger partial charge in [-0.05, 0) is 98.8 Å². The van der Waals surface area contributed by atoms with Gasteiger partial charge < -0.3 is 14.6 Å². The monoisotopic (exact) mass is 647 g/mol. The number of nitrogens with zero attached hydrogens (tertiary/aromatic N) is 3. The summed E-state index contributed by atoms with van der Waals surface area (Å²) in [6.07, 6.45) is -0.949. The molecule has 0 bridgehead atoms. The number of aromatic nitrogens is 1. The lowest BCUT2D eigenvalue weighted by molar-refractivity contribution is -0.160. The predicted octanol–water partition coefficient (Wildman–Crippen LogP) is 8.87. The van der Waals surface area contributed by atoms with Gasteiger partial charge in [-0.1, -0.05) is 30.3 Å². The predicted molar refractivity (Wildman–Crippen MR) is 189 cm³/mol. The Hall–Kier alpha value is -4.86. The zero-order valence-electron chi connectivity index (χ0n) is 27.4. The van der Waals surface area contributed by atoms with Crippen molar-refractivity contribution in [2.24, 2.45) is 5.10 Å². The van der Waals surface area contributed by atoms with Gasteiger partial charge in [0.05, 0.1) is 33.7 Å². The molecule has 1 N–H and O–H groups in total. The minimum Gasteiger partial charge on any atom is -0.492 e. The fraction of sp³-hybridized carbons (Fsp3) is 0.263. The number of aliphatic carboxylic acids is 1. The molecule has 0 radical (unpaired) electrons. The summed E-state index contributed by atoms with van der Waals surface area (Å²) in [5.41, 5.74) is 8.31. The highest BCUT2D eigenvalue weighted by molar-refractivity contribution is 7.22. The van der Waals surface area contributed by atoms with Crippen molar-refractivity contribution in [3.05, 3.63) is 89.0 Å². The van der Waals surface area contributed by atoms with Crippen molar-refractivity contribution < 1.29 is 24.2 Å². The number of ketones is 1. The topological polar surface area (TPSA) is 101 Å². The van der Waals surface area contributed by atoms with E-state index < -0.39 is 17.7 Å². The van der Waals surface area contributed by atoms with Crippen LogP contribution in [0.25, 0.3) is 43.0 Å². The molecule has 6 rings (SSSR count). The molecule has 0 amide bonds. The zero-order valence-corrected chi connectivity index (χ0v) is 28.2. The third-order valence-electron chi connectivity index (χ3n) is 8.24. The SMILES string of the molecule is C=NN(C)c1ccc(-c2cccc(-c3nc4cc(C)c([C@H](OC(C)(C)C)C(=O)O)c(-c5ccc6c(c5)C(=O)CCO6)c4s3)c2)cc1C. The number of hydrogen-bond donors (Lipinski definition) is 1. The van der Waals surface area contributed by atoms with Gasteiger partial charge in [0.1, 0.15) is 10.8 Å².